The first kappa shape index (κ1) is 34.0. The molecule has 0 aliphatic carbocycles. The largest absolute Gasteiger partial charge is 0.550 e. The van der Waals surface area contributed by atoms with E-state index in [2.05, 4.69) is 0 Å². The maximum Gasteiger partial charge on any atom is 0.290 e. The second-order valence-electron chi connectivity index (χ2n) is 8.94. The molecular weight excluding hydrogens is 426 g/mol. The Labute approximate surface area is 201 Å². The molecule has 0 heterocycles. The molecule has 0 aromatic heterocycles. The molecule has 0 rings (SSSR count). The number of rotatable bonds is 24. The topological polar surface area (TPSA) is 138 Å². The third-order valence-electron chi connectivity index (χ3n) is 6.24. The van der Waals surface area contributed by atoms with Crippen LogP contribution in [0.4, 0.5) is 0 Å². The van der Waals surface area contributed by atoms with Crippen LogP contribution in [0.15, 0.2) is 0 Å². The average Bonchev–Trinajstić information content (AvgIpc) is 2.77. The van der Waals surface area contributed by atoms with Gasteiger partial charge in [0.2, 0.25) is 0 Å². The van der Waals surface area contributed by atoms with Gasteiger partial charge in [-0.2, -0.15) is 0 Å². The summed E-state index contributed by atoms with van der Waals surface area (Å²) in [6.07, 6.45) is 18.3. The van der Waals surface area contributed by atoms with Crippen LogP contribution in [-0.2, 0) is 9.59 Å². The van der Waals surface area contributed by atoms with Crippen LogP contribution < -0.4 is 5.11 Å². The average molecular weight is 478 g/mol. The number of carboxylic acid groups (broad SMARTS) is 2. The van der Waals surface area contributed by atoms with Crippen LogP contribution in [0.5, 0.6) is 0 Å². The lowest BCUT2D eigenvalue weighted by Gasteiger charge is -2.37. The predicted molar refractivity (Wildman–Crippen MR) is 129 cm³/mol. The normalized spacial score (nSPS) is 11.1. The summed E-state index contributed by atoms with van der Waals surface area (Å²) < 4.78 is 0.628. The summed E-state index contributed by atoms with van der Waals surface area (Å²) >= 11 is 0. The van der Waals surface area contributed by atoms with Crippen molar-refractivity contribution in [3.8, 4) is 0 Å². The third-order valence-corrected chi connectivity index (χ3v) is 6.24. The molecule has 0 saturated heterocycles. The molecule has 0 aliphatic rings. The molecule has 0 aliphatic heterocycles. The Morgan fingerprint density at radius 1 is 0.576 bits per heavy atom. The highest BCUT2D eigenvalue weighted by Gasteiger charge is 2.25. The third kappa shape index (κ3) is 25.2. The minimum atomic E-state index is -0.926. The maximum absolute atomic E-state index is 10.3. The molecule has 0 amide bonds. The molecule has 0 atom stereocenters. The zero-order valence-corrected chi connectivity index (χ0v) is 20.8. The first-order chi connectivity index (χ1) is 16.0. The van der Waals surface area contributed by atoms with Crippen LogP contribution in [0.3, 0.4) is 0 Å². The van der Waals surface area contributed by atoms with Crippen LogP contribution in [0, 0.1) is 0 Å². The monoisotopic (exact) mass is 477 g/mol. The summed E-state index contributed by atoms with van der Waals surface area (Å²) in [6.45, 7) is 2.83. The molecule has 4 N–H and O–H groups in total. The molecular formula is C25H51NO7. The van der Waals surface area contributed by atoms with Crippen LogP contribution in [0.1, 0.15) is 103 Å². The standard InChI is InChI=1S/C24H49NO5.CH2O2/c26-21-18-25(19-22-27,20-23-28)17-15-13-11-9-7-5-3-1-2-4-6-8-10-12-14-16-24(29)30;2-1-3/h26-28H,1-23H2;1H,(H,2,3). The van der Waals surface area contributed by atoms with Crippen LogP contribution in [0.25, 0.3) is 0 Å². The van der Waals surface area contributed by atoms with Gasteiger partial charge in [-0.3, -0.25) is 4.79 Å². The van der Waals surface area contributed by atoms with Gasteiger partial charge in [-0.05, 0) is 25.7 Å². The van der Waals surface area contributed by atoms with Crippen LogP contribution in [0.2, 0.25) is 0 Å². The second kappa shape index (κ2) is 27.0. The van der Waals surface area contributed by atoms with E-state index in [0.29, 0.717) is 24.1 Å². The number of carbonyl (C=O) groups excluding carboxylic acids is 1. The van der Waals surface area contributed by atoms with Crippen molar-refractivity contribution in [2.75, 3.05) is 46.0 Å². The fraction of sp³-hybridized carbons (Fsp3) is 0.920. The van der Waals surface area contributed by atoms with Gasteiger partial charge in [0.15, 0.2) is 0 Å². The number of carbonyl (C=O) groups is 2. The maximum atomic E-state index is 10.3. The summed E-state index contributed by atoms with van der Waals surface area (Å²) in [7, 11) is 0. The van der Waals surface area contributed by atoms with E-state index < -0.39 is 5.97 Å². The minimum absolute atomic E-state index is 0.102. The highest BCUT2D eigenvalue weighted by Crippen LogP contribution is 2.15. The molecule has 0 spiro atoms. The Kier molecular flexibility index (Phi) is 27.8. The lowest BCUT2D eigenvalue weighted by Crippen LogP contribution is -2.53. The molecule has 8 heteroatoms. The molecule has 0 aromatic rings. The van der Waals surface area contributed by atoms with E-state index in [1.165, 1.54) is 70.6 Å². The molecule has 33 heavy (non-hydrogen) atoms. The Morgan fingerprint density at radius 2 is 0.848 bits per heavy atom. The van der Waals surface area contributed by atoms with E-state index in [4.69, 9.17) is 9.90 Å². The van der Waals surface area contributed by atoms with Crippen LogP contribution >= 0.6 is 0 Å². The van der Waals surface area contributed by atoms with Gasteiger partial charge in [0.25, 0.3) is 6.47 Å². The Balaban J connectivity index is 0. The van der Waals surface area contributed by atoms with Gasteiger partial charge < -0.3 is 34.8 Å². The van der Waals surface area contributed by atoms with E-state index in [1.54, 1.807) is 0 Å². The lowest BCUT2D eigenvalue weighted by molar-refractivity contribution is -0.929. The summed E-state index contributed by atoms with van der Waals surface area (Å²) in [5.41, 5.74) is 0. The minimum Gasteiger partial charge on any atom is -0.550 e. The zero-order chi connectivity index (χ0) is 25.0. The highest BCUT2D eigenvalue weighted by molar-refractivity contribution is 5.64. The highest BCUT2D eigenvalue weighted by atomic mass is 16.4. The van der Waals surface area contributed by atoms with Crippen molar-refractivity contribution in [2.24, 2.45) is 0 Å². The number of carboxylic acids is 1. The van der Waals surface area contributed by atoms with Gasteiger partial charge in [0.05, 0.1) is 26.4 Å². The number of hydrogen-bond donors (Lipinski definition) is 4. The number of quaternary nitrogens is 1. The SMILES string of the molecule is O=C([O-])CCCCCCCCCCCCCCCCC[N+](CCO)(CCO)CCO.O=CO. The number of aliphatic hydroxyl groups is 3. The second-order valence-corrected chi connectivity index (χ2v) is 8.94. The Hall–Kier alpha value is -1.22. The number of nitrogens with zero attached hydrogens (tertiary/aromatic N) is 1. The quantitative estimate of drug-likeness (QED) is 0.0951. The smallest absolute Gasteiger partial charge is 0.290 e. The van der Waals surface area contributed by atoms with E-state index >= 15 is 0 Å². The van der Waals surface area contributed by atoms with Crippen molar-refractivity contribution in [1.29, 1.82) is 0 Å². The van der Waals surface area contributed by atoms with Crippen molar-refractivity contribution in [1.82, 2.24) is 0 Å². The van der Waals surface area contributed by atoms with Gasteiger partial charge in [0.1, 0.15) is 19.6 Å². The fourth-order valence-corrected chi connectivity index (χ4v) is 4.32. The van der Waals surface area contributed by atoms with Gasteiger partial charge in [-0.1, -0.05) is 77.0 Å². The number of hydrogen-bond acceptors (Lipinski definition) is 6. The molecule has 8 nitrogen and oxygen atoms in total. The summed E-state index contributed by atoms with van der Waals surface area (Å²) in [4.78, 5) is 18.7. The number of aliphatic carboxylic acids is 1. The molecule has 0 aromatic carbocycles. The van der Waals surface area contributed by atoms with E-state index in [1.807, 2.05) is 0 Å². The molecule has 0 saturated carbocycles. The summed E-state index contributed by atoms with van der Waals surface area (Å²) in [5, 5.41) is 45.1. The lowest BCUT2D eigenvalue weighted by atomic mass is 10.0. The first-order valence-corrected chi connectivity index (χ1v) is 13.0. The zero-order valence-electron chi connectivity index (χ0n) is 20.8. The molecule has 0 radical (unpaired) electrons. The van der Waals surface area contributed by atoms with Crippen molar-refractivity contribution < 1.29 is 39.6 Å². The molecule has 0 fully saturated rings. The van der Waals surface area contributed by atoms with E-state index in [9.17, 15) is 25.2 Å². The van der Waals surface area contributed by atoms with Crippen LogP contribution in [-0.4, -0.2) is 83.4 Å². The molecule has 0 bridgehead atoms. The van der Waals surface area contributed by atoms with Gasteiger partial charge in [0, 0.05) is 5.97 Å². The Morgan fingerprint density at radius 3 is 1.12 bits per heavy atom. The van der Waals surface area contributed by atoms with Gasteiger partial charge in [-0.25, -0.2) is 0 Å². The summed E-state index contributed by atoms with van der Waals surface area (Å²) in [5.74, 6) is -0.926. The van der Waals surface area contributed by atoms with E-state index in [0.717, 1.165) is 32.2 Å². The Bertz CT molecular complexity index is 405. The molecule has 198 valence electrons. The van der Waals surface area contributed by atoms with Crippen molar-refractivity contribution >= 4 is 12.4 Å². The van der Waals surface area contributed by atoms with Crippen molar-refractivity contribution in [2.45, 2.75) is 103 Å². The van der Waals surface area contributed by atoms with Crippen molar-refractivity contribution in [3.05, 3.63) is 0 Å². The number of aliphatic hydroxyl groups excluding tert-OH is 3. The van der Waals surface area contributed by atoms with Gasteiger partial charge in [-0.15, -0.1) is 0 Å². The molecule has 0 unspecified atom stereocenters. The fourth-order valence-electron chi connectivity index (χ4n) is 4.32. The van der Waals surface area contributed by atoms with Gasteiger partial charge >= 0.3 is 0 Å². The predicted octanol–water partition coefficient (Wildman–Crippen LogP) is 2.47. The number of unbranched alkanes of at least 4 members (excludes halogenated alkanes) is 14. The first-order valence-electron chi connectivity index (χ1n) is 13.0. The van der Waals surface area contributed by atoms with E-state index in [-0.39, 0.29) is 32.7 Å². The summed E-state index contributed by atoms with van der Waals surface area (Å²) in [6, 6.07) is 0. The van der Waals surface area contributed by atoms with Crippen molar-refractivity contribution in [3.63, 3.8) is 0 Å².